The Morgan fingerprint density at radius 1 is 1.19 bits per heavy atom. The number of halogens is 1. The van der Waals surface area contributed by atoms with Gasteiger partial charge in [0.05, 0.1) is 29.1 Å². The fourth-order valence-corrected chi connectivity index (χ4v) is 3.79. The number of carbonyl (C=O) groups excluding carboxylic acids is 2. The van der Waals surface area contributed by atoms with E-state index >= 15 is 0 Å². The molecule has 1 saturated heterocycles. The number of nitrogens with zero attached hydrogens (tertiary/aromatic N) is 3. The predicted molar refractivity (Wildman–Crippen MR) is 118 cm³/mol. The third-order valence-electron chi connectivity index (χ3n) is 5.65. The summed E-state index contributed by atoms with van der Waals surface area (Å²) in [6.07, 6.45) is 4.32. The van der Waals surface area contributed by atoms with Crippen molar-refractivity contribution in [1.82, 2.24) is 14.7 Å². The molecule has 3 aromatic rings. The number of hydrogen-bond acceptors (Lipinski definition) is 4. The number of carbonyl (C=O) groups is 2. The van der Waals surface area contributed by atoms with Crippen LogP contribution in [0.5, 0.6) is 0 Å². The molecule has 1 aliphatic heterocycles. The molecule has 32 heavy (non-hydrogen) atoms. The van der Waals surface area contributed by atoms with E-state index < -0.39 is 0 Å². The van der Waals surface area contributed by atoms with Crippen molar-refractivity contribution in [2.45, 2.75) is 39.0 Å². The highest BCUT2D eigenvalue weighted by Gasteiger charge is 2.30. The number of rotatable bonds is 4. The molecule has 1 fully saturated rings. The van der Waals surface area contributed by atoms with Crippen molar-refractivity contribution in [2.75, 3.05) is 18.4 Å². The van der Waals surface area contributed by atoms with Gasteiger partial charge in [-0.3, -0.25) is 9.59 Å². The van der Waals surface area contributed by atoms with Crippen LogP contribution in [0.2, 0.25) is 0 Å². The summed E-state index contributed by atoms with van der Waals surface area (Å²) in [4.78, 5) is 27.5. The minimum absolute atomic E-state index is 0.136. The van der Waals surface area contributed by atoms with Crippen molar-refractivity contribution in [3.63, 3.8) is 0 Å². The summed E-state index contributed by atoms with van der Waals surface area (Å²) in [5.41, 5.74) is 1.70. The third-order valence-corrected chi connectivity index (χ3v) is 5.65. The molecule has 0 bridgehead atoms. The molecule has 0 aliphatic carbocycles. The van der Waals surface area contributed by atoms with Crippen LogP contribution in [-0.4, -0.2) is 39.6 Å². The van der Waals surface area contributed by atoms with Crippen molar-refractivity contribution in [1.29, 1.82) is 0 Å². The fourth-order valence-electron chi connectivity index (χ4n) is 3.79. The number of anilines is 1. The highest BCUT2D eigenvalue weighted by atomic mass is 19.1. The summed E-state index contributed by atoms with van der Waals surface area (Å²) >= 11 is 0. The zero-order valence-electron chi connectivity index (χ0n) is 18.5. The average molecular weight is 439 g/mol. The first kappa shape index (κ1) is 21.8. The summed E-state index contributed by atoms with van der Waals surface area (Å²) in [7, 11) is 0. The van der Waals surface area contributed by atoms with E-state index in [2.05, 4.69) is 10.4 Å². The van der Waals surface area contributed by atoms with Crippen LogP contribution in [0.4, 0.5) is 10.2 Å². The van der Waals surface area contributed by atoms with Crippen LogP contribution >= 0.6 is 0 Å². The molecule has 1 aliphatic rings. The lowest BCUT2D eigenvalue weighted by molar-refractivity contribution is -0.121. The van der Waals surface area contributed by atoms with Crippen LogP contribution in [0.25, 0.3) is 5.69 Å². The van der Waals surface area contributed by atoms with Gasteiger partial charge in [-0.15, -0.1) is 0 Å². The SMILES string of the molecule is CC(C)(C)c1cc(NC(=O)C2CCCN(C(=O)c3ccoc3)C2)n(-c2ccc(F)cc2)n1. The highest BCUT2D eigenvalue weighted by molar-refractivity contribution is 5.96. The van der Waals surface area contributed by atoms with Crippen molar-refractivity contribution < 1.29 is 18.4 Å². The van der Waals surface area contributed by atoms with Gasteiger partial charge in [-0.25, -0.2) is 9.07 Å². The van der Waals surface area contributed by atoms with Gasteiger partial charge in [-0.05, 0) is 43.2 Å². The lowest BCUT2D eigenvalue weighted by Gasteiger charge is -2.31. The largest absolute Gasteiger partial charge is 0.472 e. The van der Waals surface area contributed by atoms with Crippen molar-refractivity contribution in [3.05, 3.63) is 66.0 Å². The molecule has 2 aromatic heterocycles. The summed E-state index contributed by atoms with van der Waals surface area (Å²) in [6, 6.07) is 9.44. The summed E-state index contributed by atoms with van der Waals surface area (Å²) in [5.74, 6) is -0.466. The van der Waals surface area contributed by atoms with E-state index in [1.165, 1.54) is 24.7 Å². The number of aromatic nitrogens is 2. The molecule has 1 unspecified atom stereocenters. The standard InChI is InChI=1S/C24H27FN4O3/c1-24(2,3)20-13-21(29(27-20)19-8-6-18(25)7-9-19)26-22(30)16-5-4-11-28(14-16)23(31)17-10-12-32-15-17/h6-10,12-13,15-16H,4-5,11,14H2,1-3H3,(H,26,30). The first-order chi connectivity index (χ1) is 15.2. The number of nitrogens with one attached hydrogen (secondary N) is 1. The minimum Gasteiger partial charge on any atom is -0.472 e. The van der Waals surface area contributed by atoms with Crippen molar-refractivity contribution in [3.8, 4) is 5.69 Å². The topological polar surface area (TPSA) is 80.4 Å². The number of benzene rings is 1. The van der Waals surface area contributed by atoms with Gasteiger partial charge in [-0.1, -0.05) is 20.8 Å². The Balaban J connectivity index is 1.55. The lowest BCUT2D eigenvalue weighted by atomic mass is 9.92. The summed E-state index contributed by atoms with van der Waals surface area (Å²) in [6.45, 7) is 7.06. The Labute approximate surface area is 186 Å². The zero-order valence-corrected chi connectivity index (χ0v) is 18.5. The number of likely N-dealkylation sites (tertiary alicyclic amines) is 1. The maximum atomic E-state index is 13.4. The fraction of sp³-hybridized carbons (Fsp3) is 0.375. The number of amides is 2. The van der Waals surface area contributed by atoms with E-state index in [-0.39, 0.29) is 29.0 Å². The Kier molecular flexibility index (Phi) is 5.86. The molecule has 1 atom stereocenters. The number of piperidine rings is 1. The molecule has 7 nitrogen and oxygen atoms in total. The summed E-state index contributed by atoms with van der Waals surface area (Å²) in [5, 5.41) is 7.65. The third kappa shape index (κ3) is 4.59. The molecule has 0 spiro atoms. The molecule has 0 radical (unpaired) electrons. The molecule has 4 rings (SSSR count). The molecule has 168 valence electrons. The Bertz CT molecular complexity index is 1100. The normalized spacial score (nSPS) is 16.8. The second-order valence-corrected chi connectivity index (χ2v) is 9.14. The molecule has 8 heteroatoms. The lowest BCUT2D eigenvalue weighted by Crippen LogP contribution is -2.43. The number of furan rings is 1. The van der Waals surface area contributed by atoms with E-state index in [4.69, 9.17) is 4.42 Å². The quantitative estimate of drug-likeness (QED) is 0.655. The first-order valence-corrected chi connectivity index (χ1v) is 10.7. The monoisotopic (exact) mass is 438 g/mol. The van der Waals surface area contributed by atoms with E-state index in [0.29, 0.717) is 36.6 Å². The second-order valence-electron chi connectivity index (χ2n) is 9.14. The Morgan fingerprint density at radius 2 is 1.94 bits per heavy atom. The van der Waals surface area contributed by atoms with Gasteiger partial charge in [-0.2, -0.15) is 5.10 Å². The number of hydrogen-bond donors (Lipinski definition) is 1. The van der Waals surface area contributed by atoms with Crippen molar-refractivity contribution in [2.24, 2.45) is 5.92 Å². The smallest absolute Gasteiger partial charge is 0.257 e. The average Bonchev–Trinajstić information content (AvgIpc) is 3.44. The summed E-state index contributed by atoms with van der Waals surface area (Å²) < 4.78 is 20.0. The molecule has 1 N–H and O–H groups in total. The van der Waals surface area contributed by atoms with Gasteiger partial charge >= 0.3 is 0 Å². The molecule has 2 amide bonds. The molecular weight excluding hydrogens is 411 g/mol. The van der Waals surface area contributed by atoms with Gasteiger partial charge in [0.2, 0.25) is 5.91 Å². The zero-order chi connectivity index (χ0) is 22.9. The van der Waals surface area contributed by atoms with Gasteiger partial charge in [0.25, 0.3) is 5.91 Å². The van der Waals surface area contributed by atoms with Crippen LogP contribution in [0.3, 0.4) is 0 Å². The second kappa shape index (κ2) is 8.61. The van der Waals surface area contributed by atoms with Crippen LogP contribution < -0.4 is 5.32 Å². The van der Waals surface area contributed by atoms with Gasteiger partial charge < -0.3 is 14.6 Å². The Hall–Kier alpha value is -3.42. The van der Waals surface area contributed by atoms with Crippen LogP contribution in [0, 0.1) is 11.7 Å². The van der Waals surface area contributed by atoms with E-state index in [0.717, 1.165) is 12.1 Å². The van der Waals surface area contributed by atoms with Gasteiger partial charge in [0.15, 0.2) is 0 Å². The van der Waals surface area contributed by atoms with Crippen LogP contribution in [-0.2, 0) is 10.2 Å². The Morgan fingerprint density at radius 3 is 2.59 bits per heavy atom. The van der Waals surface area contributed by atoms with E-state index in [9.17, 15) is 14.0 Å². The van der Waals surface area contributed by atoms with E-state index in [1.807, 2.05) is 26.8 Å². The van der Waals surface area contributed by atoms with Crippen LogP contribution in [0.15, 0.2) is 53.3 Å². The first-order valence-electron chi connectivity index (χ1n) is 10.7. The van der Waals surface area contributed by atoms with Gasteiger partial charge in [0.1, 0.15) is 17.9 Å². The molecule has 3 heterocycles. The maximum Gasteiger partial charge on any atom is 0.257 e. The van der Waals surface area contributed by atoms with Crippen molar-refractivity contribution >= 4 is 17.6 Å². The predicted octanol–water partition coefficient (Wildman–Crippen LogP) is 4.39. The highest BCUT2D eigenvalue weighted by Crippen LogP contribution is 2.28. The van der Waals surface area contributed by atoms with Crippen LogP contribution in [0.1, 0.15) is 49.7 Å². The maximum absolute atomic E-state index is 13.4. The molecular formula is C24H27FN4O3. The van der Waals surface area contributed by atoms with E-state index in [1.54, 1.807) is 27.8 Å². The molecule has 1 aromatic carbocycles. The van der Waals surface area contributed by atoms with Gasteiger partial charge in [0, 0.05) is 24.6 Å². The minimum atomic E-state index is -0.341. The molecule has 0 saturated carbocycles.